The van der Waals surface area contributed by atoms with Gasteiger partial charge in [-0.25, -0.2) is 4.98 Å². The standard InChI is InChI=1S/C72H58N4O.Pt/c1-70(2,3)50-34-37-73-68(42-50)76-64-27-16-15-26-58(64)60-32-30-53(44-66(60)76)77-52-21-17-20-51(43-52)74-45-75-65-40-48(46-18-9-8-10-19-46)28-31-59(65)56-24-13-11-22-54(56)55-23-12-14-25-57(55)61-38-49(41-67(74)69(61)75)47-29-33-62-63(39-47)72(6,7)36-35-71(62,4)5;/h8-34,37-42H,35-36H2,1-7H3;/q-2;/i4D3,5D3,6D3,7D3,8D,9D,10D,11D,12D,13D,14D,18D,19D,22D,23D,24D,25D,29D,33D,35D2,36D2,39D;. The molecule has 0 radical (unpaired) electrons. The summed E-state index contributed by atoms with van der Waals surface area (Å²) in [4.78, 5) is 4.78. The molecule has 0 spiro atoms. The third-order valence-electron chi connectivity index (χ3n) is 13.8. The van der Waals surface area contributed by atoms with Crippen LogP contribution in [0.25, 0.3) is 106 Å². The molecule has 0 saturated carbocycles. The van der Waals surface area contributed by atoms with Crippen LogP contribution in [-0.2, 0) is 37.3 Å². The van der Waals surface area contributed by atoms with Crippen LogP contribution in [0.15, 0.2) is 200 Å². The molecule has 1 aliphatic heterocycles. The van der Waals surface area contributed by atoms with Crippen LogP contribution in [0.5, 0.6) is 11.5 Å². The van der Waals surface area contributed by atoms with Gasteiger partial charge in [0.1, 0.15) is 5.82 Å². The molecule has 384 valence electrons. The largest absolute Gasteiger partial charge is 0.510 e. The van der Waals surface area contributed by atoms with Gasteiger partial charge in [0, 0.05) is 66.2 Å². The molecular weight excluding hydrogens is 1130 g/mol. The van der Waals surface area contributed by atoms with E-state index in [1.807, 2.05) is 47.0 Å². The minimum atomic E-state index is -4.74. The van der Waals surface area contributed by atoms with Crippen LogP contribution in [0.1, 0.15) is 121 Å². The van der Waals surface area contributed by atoms with Gasteiger partial charge in [-0.3, -0.25) is 4.57 Å². The molecule has 0 bridgehead atoms. The van der Waals surface area contributed by atoms with Crippen molar-refractivity contribution in [1.82, 2.24) is 14.1 Å². The molecule has 12 aromatic rings. The molecule has 0 unspecified atom stereocenters. The zero-order valence-electron chi connectivity index (χ0n) is 73.3. The van der Waals surface area contributed by atoms with Crippen LogP contribution in [0.2, 0.25) is 0 Å². The van der Waals surface area contributed by atoms with Gasteiger partial charge in [-0.2, -0.15) is 18.2 Å². The van der Waals surface area contributed by atoms with Crippen molar-refractivity contribution in [2.75, 3.05) is 0 Å². The predicted octanol–water partition coefficient (Wildman–Crippen LogP) is 17.9. The number of benzene rings is 9. The van der Waals surface area contributed by atoms with Gasteiger partial charge in [0.2, 0.25) is 0 Å². The van der Waals surface area contributed by atoms with Crippen LogP contribution < -0.4 is 9.30 Å². The Morgan fingerprint density at radius 3 is 2.06 bits per heavy atom. The van der Waals surface area contributed by atoms with Crippen molar-refractivity contribution in [2.45, 2.75) is 77.2 Å². The Morgan fingerprint density at radius 1 is 0.603 bits per heavy atom. The molecule has 4 heterocycles. The molecule has 14 rings (SSSR count). The normalized spacial score (nSPS) is 21.9. The fourth-order valence-corrected chi connectivity index (χ4v) is 10.2. The number of aromatic nitrogens is 4. The molecule has 3 aromatic heterocycles. The Labute approximate surface area is 516 Å². The molecule has 78 heavy (non-hydrogen) atoms. The average molecular weight is 1220 g/mol. The van der Waals surface area contributed by atoms with Crippen LogP contribution in [-0.4, -0.2) is 14.1 Å². The number of para-hydroxylation sites is 1. The molecule has 0 saturated heterocycles. The number of rotatable bonds is 6. The van der Waals surface area contributed by atoms with E-state index in [1.54, 1.807) is 12.3 Å². The van der Waals surface area contributed by atoms with Crippen molar-refractivity contribution in [3.8, 4) is 84.3 Å². The molecule has 6 heteroatoms. The summed E-state index contributed by atoms with van der Waals surface area (Å²) in [5.41, 5.74) is -17.0. The Balaban J connectivity index is 0.0000106. The number of ether oxygens (including phenoxy) is 1. The Kier molecular flexibility index (Phi) is 6.08. The first kappa shape index (κ1) is 25.6. The summed E-state index contributed by atoms with van der Waals surface area (Å²) >= 11 is 0. The summed E-state index contributed by atoms with van der Waals surface area (Å²) < 4.78 is 308. The van der Waals surface area contributed by atoms with Crippen molar-refractivity contribution in [3.63, 3.8) is 0 Å². The number of pyridine rings is 1. The second-order valence-corrected chi connectivity index (χ2v) is 19.7. The van der Waals surface area contributed by atoms with E-state index in [9.17, 15) is 19.2 Å². The van der Waals surface area contributed by atoms with E-state index >= 15 is 0 Å². The quantitative estimate of drug-likeness (QED) is 0.123. The Morgan fingerprint density at radius 2 is 1.31 bits per heavy atom. The van der Waals surface area contributed by atoms with Crippen molar-refractivity contribution in [2.24, 2.45) is 0 Å². The van der Waals surface area contributed by atoms with Crippen molar-refractivity contribution >= 4 is 32.8 Å². The number of imidazole rings is 1. The smallest absolute Gasteiger partial charge is 0.268 e. The third-order valence-corrected chi connectivity index (χ3v) is 13.8. The van der Waals surface area contributed by atoms with Crippen LogP contribution in [0, 0.1) is 18.5 Å². The summed E-state index contributed by atoms with van der Waals surface area (Å²) in [5, 5.41) is 1.61. The Bertz CT molecular complexity index is 5940. The average Bonchev–Trinajstić information content (AvgIpc) is 0.716. The SMILES string of the molecule is [2H]c1c([2H])c([2H])c(-c2ccc3c(c2)-[n+]2[c-]n(-c4[c-]c(Oc5[c-]c6c(cc5)c5ccccc5n6-c5cc(C(C)(C)C)ccn5)ccc4)c4cc(-c5c([2H])c([2H])c6c(c5[2H])C(C([2H])([2H])[2H])(C([2H])([2H])[2H])C([2H])([2H])C([2H])([2H])C6(C([2H])([2H])[2H])C([2H])([2H])[2H])cc(c42)-c2c([2H])c([2H])c([2H])c([2H])c2-c2c([2H])c([2H])c([2H])c([2H])c2-3)c([2H])c1[2H].[Pt]. The first-order valence-corrected chi connectivity index (χ1v) is 24.2. The molecule has 0 amide bonds. The fourth-order valence-electron chi connectivity index (χ4n) is 10.2. The maximum absolute atomic E-state index is 10.4. The van der Waals surface area contributed by atoms with Crippen molar-refractivity contribution in [3.05, 3.63) is 235 Å². The van der Waals surface area contributed by atoms with Gasteiger partial charge in [-0.1, -0.05) is 187 Å². The third kappa shape index (κ3) is 8.16. The summed E-state index contributed by atoms with van der Waals surface area (Å²) in [6.07, 6.45) is -4.51. The van der Waals surface area contributed by atoms with E-state index in [0.717, 1.165) is 34.0 Å². The topological polar surface area (TPSA) is 35.9 Å². The zero-order chi connectivity index (χ0) is 79.9. The van der Waals surface area contributed by atoms with Gasteiger partial charge >= 0.3 is 0 Å². The summed E-state index contributed by atoms with van der Waals surface area (Å²) in [6.45, 7) is -11.6. The monoisotopic (exact) mass is 1220 g/mol. The van der Waals surface area contributed by atoms with E-state index in [1.165, 1.54) is 45.5 Å². The maximum Gasteiger partial charge on any atom is 0.268 e. The minimum absolute atomic E-state index is 0. The van der Waals surface area contributed by atoms with Gasteiger partial charge in [0.05, 0.1) is 38.7 Å². The van der Waals surface area contributed by atoms with E-state index in [0.29, 0.717) is 11.3 Å². The van der Waals surface area contributed by atoms with Gasteiger partial charge in [-0.05, 0) is 143 Å². The second-order valence-electron chi connectivity index (χ2n) is 19.7. The summed E-state index contributed by atoms with van der Waals surface area (Å²) in [7, 11) is 0. The molecule has 5 nitrogen and oxygen atoms in total. The van der Waals surface area contributed by atoms with Gasteiger partial charge in [0.15, 0.2) is 0 Å². The van der Waals surface area contributed by atoms with Gasteiger partial charge in [0.25, 0.3) is 6.33 Å². The van der Waals surface area contributed by atoms with Crippen molar-refractivity contribution in [1.29, 1.82) is 0 Å². The molecule has 9 aromatic carbocycles. The van der Waals surface area contributed by atoms with Crippen molar-refractivity contribution < 1.29 is 74.2 Å². The molecule has 0 N–H and O–H groups in total. The number of nitrogens with zero attached hydrogens (tertiary/aromatic N) is 4. The van der Waals surface area contributed by atoms with E-state index in [4.69, 9.17) is 34.4 Å². The van der Waals surface area contributed by atoms with Gasteiger partial charge < -0.3 is 13.9 Å². The number of fused-ring (bicyclic) bond motifs is 11. The molecular formula is C72H58N4OPt-2. The Hall–Kier alpha value is -8.11. The van der Waals surface area contributed by atoms with Crippen LogP contribution in [0.3, 0.4) is 0 Å². The van der Waals surface area contributed by atoms with Crippen LogP contribution in [0.4, 0.5) is 0 Å². The van der Waals surface area contributed by atoms with E-state index < -0.39 is 203 Å². The minimum Gasteiger partial charge on any atom is -0.510 e. The molecule has 2 aliphatic rings. The van der Waals surface area contributed by atoms with Crippen LogP contribution >= 0.6 is 0 Å². The van der Waals surface area contributed by atoms with E-state index in [-0.39, 0.29) is 71.5 Å². The molecule has 0 atom stereocenters. The van der Waals surface area contributed by atoms with Gasteiger partial charge in [-0.15, -0.1) is 29.7 Å². The van der Waals surface area contributed by atoms with E-state index in [2.05, 4.69) is 39.2 Å². The molecule has 1 aliphatic carbocycles. The summed E-state index contributed by atoms with van der Waals surface area (Å²) in [5.74, 6) is 0.627. The maximum atomic E-state index is 10.4. The number of hydrogen-bond acceptors (Lipinski definition) is 2. The summed E-state index contributed by atoms with van der Waals surface area (Å²) in [6, 6.07) is 16.1. The molecule has 0 fully saturated rings. The first-order valence-electron chi connectivity index (χ1n) is 40.2. The number of hydrogen-bond donors (Lipinski definition) is 0. The zero-order valence-corrected chi connectivity index (χ0v) is 43.6. The predicted molar refractivity (Wildman–Crippen MR) is 315 cm³/mol. The second kappa shape index (κ2) is 18.5. The fraction of sp³-hybridized carbons (Fsp3) is 0.167. The first-order chi connectivity index (χ1) is 50.5.